The molecule has 0 spiro atoms. The summed E-state index contributed by atoms with van der Waals surface area (Å²) in [7, 11) is 7.69. The lowest BCUT2D eigenvalue weighted by atomic mass is 10.0. The summed E-state index contributed by atoms with van der Waals surface area (Å²) in [6.45, 7) is 6.24. The number of aryl methyl sites for hydroxylation is 1. The summed E-state index contributed by atoms with van der Waals surface area (Å²) < 4.78 is 0. The number of likely N-dealkylation sites (N-methyl/N-ethyl adjacent to an activating group) is 1. The Morgan fingerprint density at radius 1 is 0.967 bits per heavy atom. The maximum Gasteiger partial charge on any atom is 0.253 e. The summed E-state index contributed by atoms with van der Waals surface area (Å²) in [5.74, 6) is 0.788. The summed E-state index contributed by atoms with van der Waals surface area (Å²) in [6.07, 6.45) is 0. The van der Waals surface area contributed by atoms with Crippen LogP contribution < -0.4 is 10.6 Å². The standard InChI is InChI=1S/C24H35N5O/c1-7-25-24(26-16-19-10-14-21(15-11-19)23(30)29(5)6)27-17-22(28(3)4)20-12-8-18(2)9-13-20/h8-15,22H,7,16-17H2,1-6H3,(H2,25,26,27). The van der Waals surface area contributed by atoms with E-state index in [2.05, 4.69) is 67.7 Å². The summed E-state index contributed by atoms with van der Waals surface area (Å²) in [5.41, 5.74) is 4.28. The normalized spacial score (nSPS) is 12.6. The van der Waals surface area contributed by atoms with Gasteiger partial charge in [-0.05, 0) is 51.2 Å². The van der Waals surface area contributed by atoms with Gasteiger partial charge in [-0.2, -0.15) is 0 Å². The van der Waals surface area contributed by atoms with Crippen LogP contribution in [0, 0.1) is 6.92 Å². The van der Waals surface area contributed by atoms with Crippen molar-refractivity contribution in [2.45, 2.75) is 26.4 Å². The second-order valence-electron chi connectivity index (χ2n) is 7.86. The maximum atomic E-state index is 12.0. The molecule has 0 radical (unpaired) electrons. The first-order valence-corrected chi connectivity index (χ1v) is 10.4. The molecule has 0 aliphatic carbocycles. The molecule has 30 heavy (non-hydrogen) atoms. The first-order valence-electron chi connectivity index (χ1n) is 10.4. The molecule has 0 aliphatic heterocycles. The largest absolute Gasteiger partial charge is 0.357 e. The van der Waals surface area contributed by atoms with Crippen LogP contribution in [0.25, 0.3) is 0 Å². The topological polar surface area (TPSA) is 60.0 Å². The Hall–Kier alpha value is -2.86. The van der Waals surface area contributed by atoms with Gasteiger partial charge in [0.1, 0.15) is 0 Å². The quantitative estimate of drug-likeness (QED) is 0.520. The molecular formula is C24H35N5O. The number of hydrogen-bond acceptors (Lipinski definition) is 3. The monoisotopic (exact) mass is 409 g/mol. The van der Waals surface area contributed by atoms with Crippen molar-refractivity contribution in [1.82, 2.24) is 20.4 Å². The number of hydrogen-bond donors (Lipinski definition) is 2. The maximum absolute atomic E-state index is 12.0. The summed E-state index contributed by atoms with van der Waals surface area (Å²) in [4.78, 5) is 20.5. The third kappa shape index (κ3) is 6.88. The van der Waals surface area contributed by atoms with Crippen LogP contribution in [0.1, 0.15) is 40.0 Å². The summed E-state index contributed by atoms with van der Waals surface area (Å²) in [5, 5.41) is 6.78. The highest BCUT2D eigenvalue weighted by Gasteiger charge is 2.14. The van der Waals surface area contributed by atoms with Crippen molar-refractivity contribution in [2.24, 2.45) is 4.99 Å². The third-order valence-electron chi connectivity index (χ3n) is 4.92. The molecule has 2 aromatic rings. The lowest BCUT2D eigenvalue weighted by molar-refractivity contribution is 0.0827. The molecule has 0 heterocycles. The minimum absolute atomic E-state index is 0.00545. The molecule has 1 unspecified atom stereocenters. The predicted molar refractivity (Wildman–Crippen MR) is 125 cm³/mol. The van der Waals surface area contributed by atoms with E-state index in [-0.39, 0.29) is 11.9 Å². The minimum Gasteiger partial charge on any atom is -0.357 e. The van der Waals surface area contributed by atoms with Crippen molar-refractivity contribution < 1.29 is 4.79 Å². The SMILES string of the molecule is CCNC(=NCc1ccc(C(=O)N(C)C)cc1)NCC(c1ccc(C)cc1)N(C)C. The van der Waals surface area contributed by atoms with Crippen LogP contribution in [0.4, 0.5) is 0 Å². The van der Waals surface area contributed by atoms with E-state index in [9.17, 15) is 4.79 Å². The van der Waals surface area contributed by atoms with Gasteiger partial charge in [0, 0.05) is 32.7 Å². The van der Waals surface area contributed by atoms with Crippen LogP contribution in [-0.4, -0.2) is 62.9 Å². The number of benzene rings is 2. The first-order chi connectivity index (χ1) is 14.3. The number of amides is 1. The van der Waals surface area contributed by atoms with Crippen molar-refractivity contribution in [2.75, 3.05) is 41.3 Å². The molecule has 0 fully saturated rings. The van der Waals surface area contributed by atoms with E-state index in [1.165, 1.54) is 11.1 Å². The molecule has 162 valence electrons. The Morgan fingerprint density at radius 2 is 1.60 bits per heavy atom. The zero-order valence-corrected chi connectivity index (χ0v) is 19.1. The zero-order valence-electron chi connectivity index (χ0n) is 19.1. The fourth-order valence-electron chi connectivity index (χ4n) is 3.10. The number of rotatable bonds is 8. The molecule has 1 amide bonds. The second-order valence-corrected chi connectivity index (χ2v) is 7.86. The molecule has 2 aromatic carbocycles. The van der Waals surface area contributed by atoms with Gasteiger partial charge in [0.15, 0.2) is 5.96 Å². The van der Waals surface area contributed by atoms with Gasteiger partial charge in [0.05, 0.1) is 12.6 Å². The van der Waals surface area contributed by atoms with Gasteiger partial charge in [-0.3, -0.25) is 4.79 Å². The Kier molecular flexibility index (Phi) is 8.87. The molecule has 0 aliphatic rings. The molecular weight excluding hydrogens is 374 g/mol. The van der Waals surface area contributed by atoms with E-state index in [0.29, 0.717) is 12.1 Å². The second kappa shape index (κ2) is 11.4. The van der Waals surface area contributed by atoms with Crippen molar-refractivity contribution in [3.05, 3.63) is 70.8 Å². The zero-order chi connectivity index (χ0) is 22.1. The predicted octanol–water partition coefficient (Wildman–Crippen LogP) is 3.05. The van der Waals surface area contributed by atoms with Gasteiger partial charge in [0.25, 0.3) is 5.91 Å². The fourth-order valence-corrected chi connectivity index (χ4v) is 3.10. The van der Waals surface area contributed by atoms with Crippen molar-refractivity contribution in [3.63, 3.8) is 0 Å². The fraction of sp³-hybridized carbons (Fsp3) is 0.417. The highest BCUT2D eigenvalue weighted by molar-refractivity contribution is 5.93. The molecule has 0 bridgehead atoms. The first kappa shape index (κ1) is 23.4. The van der Waals surface area contributed by atoms with E-state index in [1.54, 1.807) is 19.0 Å². The summed E-state index contributed by atoms with van der Waals surface area (Å²) >= 11 is 0. The van der Waals surface area contributed by atoms with Crippen LogP contribution in [-0.2, 0) is 6.54 Å². The van der Waals surface area contributed by atoms with E-state index < -0.39 is 0 Å². The average Bonchev–Trinajstić information content (AvgIpc) is 2.72. The number of carbonyl (C=O) groups is 1. The van der Waals surface area contributed by atoms with Crippen molar-refractivity contribution >= 4 is 11.9 Å². The summed E-state index contributed by atoms with van der Waals surface area (Å²) in [6, 6.07) is 16.5. The van der Waals surface area contributed by atoms with Crippen LogP contribution in [0.3, 0.4) is 0 Å². The number of nitrogens with one attached hydrogen (secondary N) is 2. The molecule has 2 rings (SSSR count). The van der Waals surface area contributed by atoms with E-state index in [0.717, 1.165) is 24.6 Å². The van der Waals surface area contributed by atoms with Crippen LogP contribution in [0.5, 0.6) is 0 Å². The number of guanidine groups is 1. The van der Waals surface area contributed by atoms with Gasteiger partial charge < -0.3 is 20.4 Å². The van der Waals surface area contributed by atoms with Gasteiger partial charge in [-0.15, -0.1) is 0 Å². The van der Waals surface area contributed by atoms with Gasteiger partial charge in [-0.1, -0.05) is 42.0 Å². The van der Waals surface area contributed by atoms with E-state index in [1.807, 2.05) is 24.3 Å². The van der Waals surface area contributed by atoms with E-state index in [4.69, 9.17) is 4.99 Å². The minimum atomic E-state index is 0.00545. The molecule has 0 aromatic heterocycles. The van der Waals surface area contributed by atoms with Crippen LogP contribution in [0.2, 0.25) is 0 Å². The van der Waals surface area contributed by atoms with E-state index >= 15 is 0 Å². The number of nitrogens with zero attached hydrogens (tertiary/aromatic N) is 3. The Bertz CT molecular complexity index is 826. The smallest absolute Gasteiger partial charge is 0.253 e. The lowest BCUT2D eigenvalue weighted by Gasteiger charge is -2.26. The van der Waals surface area contributed by atoms with Gasteiger partial charge in [0.2, 0.25) is 0 Å². The highest BCUT2D eigenvalue weighted by atomic mass is 16.2. The lowest BCUT2D eigenvalue weighted by Crippen LogP contribution is -2.41. The number of aliphatic imine (C=N–C) groups is 1. The van der Waals surface area contributed by atoms with Crippen molar-refractivity contribution in [3.8, 4) is 0 Å². The van der Waals surface area contributed by atoms with Crippen LogP contribution >= 0.6 is 0 Å². The van der Waals surface area contributed by atoms with Crippen LogP contribution in [0.15, 0.2) is 53.5 Å². The average molecular weight is 410 g/mol. The molecule has 6 heteroatoms. The van der Waals surface area contributed by atoms with Crippen molar-refractivity contribution in [1.29, 1.82) is 0 Å². The Balaban J connectivity index is 2.04. The van der Waals surface area contributed by atoms with Gasteiger partial charge in [-0.25, -0.2) is 4.99 Å². The van der Waals surface area contributed by atoms with Gasteiger partial charge >= 0.3 is 0 Å². The molecule has 6 nitrogen and oxygen atoms in total. The third-order valence-corrected chi connectivity index (χ3v) is 4.92. The molecule has 2 N–H and O–H groups in total. The number of carbonyl (C=O) groups excluding carboxylic acids is 1. The highest BCUT2D eigenvalue weighted by Crippen LogP contribution is 2.18. The molecule has 1 atom stereocenters. The Morgan fingerprint density at radius 3 is 2.13 bits per heavy atom. The molecule has 0 saturated carbocycles. The Labute approximate surface area is 181 Å². The molecule has 0 saturated heterocycles.